The van der Waals surface area contributed by atoms with Gasteiger partial charge in [-0.3, -0.25) is 14.5 Å². The number of methoxy groups -OCH3 is 1. The molecule has 0 aliphatic carbocycles. The lowest BCUT2D eigenvalue weighted by molar-refractivity contribution is -0.137. The zero-order valence-electron chi connectivity index (χ0n) is 12.6. The minimum atomic E-state index is -0.309. The molecule has 110 valence electrons. The van der Waals surface area contributed by atoms with Crippen LogP contribution in [-0.4, -0.2) is 30.4 Å². The van der Waals surface area contributed by atoms with Gasteiger partial charge >= 0.3 is 0 Å². The average Bonchev–Trinajstić information content (AvgIpc) is 2.80. The number of hydrogen-bond acceptors (Lipinski definition) is 3. The van der Waals surface area contributed by atoms with Crippen molar-refractivity contribution in [1.29, 1.82) is 0 Å². The quantitative estimate of drug-likeness (QED) is 0.802. The van der Waals surface area contributed by atoms with Crippen molar-refractivity contribution < 1.29 is 14.3 Å². The van der Waals surface area contributed by atoms with Gasteiger partial charge in [-0.15, -0.1) is 0 Å². The second-order valence-electron chi connectivity index (χ2n) is 5.15. The van der Waals surface area contributed by atoms with Crippen LogP contribution >= 0.6 is 0 Å². The van der Waals surface area contributed by atoms with Gasteiger partial charge < -0.3 is 4.74 Å². The van der Waals surface area contributed by atoms with E-state index in [0.29, 0.717) is 18.5 Å². The molecule has 0 N–H and O–H groups in total. The Kier molecular flexibility index (Phi) is 4.26. The number of likely N-dealkylation sites (tertiary alicyclic amines) is 1. The summed E-state index contributed by atoms with van der Waals surface area (Å²) in [4.78, 5) is 25.0. The van der Waals surface area contributed by atoms with Crippen LogP contribution in [0, 0.1) is 13.8 Å². The Hall–Kier alpha value is -2.36. The zero-order chi connectivity index (χ0) is 15.6. The fourth-order valence-corrected chi connectivity index (χ4v) is 2.28. The van der Waals surface area contributed by atoms with Gasteiger partial charge in [-0.25, -0.2) is 0 Å². The number of carbonyl (C=O) groups is 2. The Balaban J connectivity index is 2.18. The average molecular weight is 285 g/mol. The van der Waals surface area contributed by atoms with E-state index in [1.165, 1.54) is 11.0 Å². The molecule has 1 aromatic carbocycles. The molecule has 1 aromatic rings. The van der Waals surface area contributed by atoms with Crippen LogP contribution in [0.25, 0.3) is 6.08 Å². The third-order valence-electron chi connectivity index (χ3n) is 3.73. The minimum Gasteiger partial charge on any atom is -0.496 e. The first kappa shape index (κ1) is 15.0. The highest BCUT2D eigenvalue weighted by Gasteiger charge is 2.27. The number of amides is 2. The van der Waals surface area contributed by atoms with Crippen molar-refractivity contribution in [1.82, 2.24) is 4.90 Å². The second kappa shape index (κ2) is 5.95. The Bertz CT molecular complexity index is 644. The van der Waals surface area contributed by atoms with E-state index >= 15 is 0 Å². The van der Waals surface area contributed by atoms with Crippen LogP contribution in [0.15, 0.2) is 30.4 Å². The Morgan fingerprint density at radius 2 is 2.10 bits per heavy atom. The van der Waals surface area contributed by atoms with Crippen molar-refractivity contribution in [3.8, 4) is 5.75 Å². The molecule has 2 rings (SSSR count). The first-order chi connectivity index (χ1) is 9.93. The van der Waals surface area contributed by atoms with Gasteiger partial charge in [-0.2, -0.15) is 0 Å². The molecule has 0 spiro atoms. The van der Waals surface area contributed by atoms with E-state index in [9.17, 15) is 9.59 Å². The van der Waals surface area contributed by atoms with Gasteiger partial charge in [0.1, 0.15) is 5.75 Å². The van der Waals surface area contributed by atoms with E-state index in [1.54, 1.807) is 13.2 Å². The molecule has 1 heterocycles. The highest BCUT2D eigenvalue weighted by atomic mass is 16.5. The predicted molar refractivity (Wildman–Crippen MR) is 82.0 cm³/mol. The summed E-state index contributed by atoms with van der Waals surface area (Å²) in [7, 11) is 1.62. The molecule has 4 nitrogen and oxygen atoms in total. The maximum absolute atomic E-state index is 12.0. The van der Waals surface area contributed by atoms with E-state index in [0.717, 1.165) is 22.4 Å². The number of ether oxygens (including phenoxy) is 1. The number of carbonyl (C=O) groups excluding carboxylic acids is 2. The number of imide groups is 1. The smallest absolute Gasteiger partial charge is 0.256 e. The summed E-state index contributed by atoms with van der Waals surface area (Å²) in [6.07, 6.45) is 3.67. The normalized spacial score (nSPS) is 15.1. The molecular formula is C17H19NO3. The third kappa shape index (κ3) is 3.05. The fourth-order valence-electron chi connectivity index (χ4n) is 2.28. The Morgan fingerprint density at radius 3 is 2.67 bits per heavy atom. The van der Waals surface area contributed by atoms with Gasteiger partial charge in [0.25, 0.3) is 11.8 Å². The molecule has 4 heteroatoms. The summed E-state index contributed by atoms with van der Waals surface area (Å²) < 4.78 is 5.31. The van der Waals surface area contributed by atoms with Gasteiger partial charge in [0.2, 0.25) is 0 Å². The van der Waals surface area contributed by atoms with E-state index in [-0.39, 0.29) is 11.8 Å². The van der Waals surface area contributed by atoms with Crippen LogP contribution in [0.5, 0.6) is 5.75 Å². The maximum Gasteiger partial charge on any atom is 0.256 e. The molecule has 0 radical (unpaired) electrons. The largest absolute Gasteiger partial charge is 0.496 e. The summed E-state index contributed by atoms with van der Waals surface area (Å²) in [5.41, 5.74) is 3.53. The van der Waals surface area contributed by atoms with E-state index in [2.05, 4.69) is 6.58 Å². The lowest BCUT2D eigenvalue weighted by atomic mass is 10.0. The van der Waals surface area contributed by atoms with E-state index in [1.807, 2.05) is 26.0 Å². The predicted octanol–water partition coefficient (Wildman–Crippen LogP) is 2.64. The summed E-state index contributed by atoms with van der Waals surface area (Å²) in [6.45, 7) is 8.04. The van der Waals surface area contributed by atoms with Gasteiger partial charge in [0.15, 0.2) is 0 Å². The van der Waals surface area contributed by atoms with Crippen molar-refractivity contribution in [2.45, 2.75) is 20.3 Å². The van der Waals surface area contributed by atoms with Crippen LogP contribution in [-0.2, 0) is 9.59 Å². The van der Waals surface area contributed by atoms with Crippen LogP contribution in [0.1, 0.15) is 23.1 Å². The maximum atomic E-state index is 12.0. The Labute approximate surface area is 124 Å². The monoisotopic (exact) mass is 285 g/mol. The lowest BCUT2D eigenvalue weighted by Gasteiger charge is -2.11. The molecule has 0 aromatic heterocycles. The van der Waals surface area contributed by atoms with Crippen LogP contribution < -0.4 is 4.74 Å². The highest BCUT2D eigenvalue weighted by Crippen LogP contribution is 2.24. The molecule has 1 saturated heterocycles. The van der Waals surface area contributed by atoms with Gasteiger partial charge in [-0.05, 0) is 49.1 Å². The number of benzene rings is 1. The van der Waals surface area contributed by atoms with Crippen molar-refractivity contribution in [3.05, 3.63) is 47.1 Å². The molecule has 0 atom stereocenters. The first-order valence-electron chi connectivity index (χ1n) is 6.81. The van der Waals surface area contributed by atoms with Gasteiger partial charge in [0, 0.05) is 18.2 Å². The SMILES string of the molecule is C=C1CCN(C(=O)/C=C/c2cc(C)c(C)c(OC)c2)C1=O. The van der Waals surface area contributed by atoms with Crippen LogP contribution in [0.2, 0.25) is 0 Å². The standard InChI is InChI=1S/C17H19NO3/c1-11-7-8-18(17(11)20)16(19)6-5-14-9-12(2)13(3)15(10-14)21-4/h5-6,9-10H,1,7-8H2,2-4H3/b6-5+. The van der Waals surface area contributed by atoms with Gasteiger partial charge in [0.05, 0.1) is 7.11 Å². The number of rotatable bonds is 3. The first-order valence-corrected chi connectivity index (χ1v) is 6.81. The highest BCUT2D eigenvalue weighted by molar-refractivity contribution is 6.10. The minimum absolute atomic E-state index is 0.276. The fraction of sp³-hybridized carbons (Fsp3) is 0.294. The van der Waals surface area contributed by atoms with E-state index in [4.69, 9.17) is 4.74 Å². The molecule has 0 saturated carbocycles. The zero-order valence-corrected chi connectivity index (χ0v) is 12.6. The van der Waals surface area contributed by atoms with Crippen LogP contribution in [0.3, 0.4) is 0 Å². The summed E-state index contributed by atoms with van der Waals surface area (Å²) in [5.74, 6) is 0.200. The lowest BCUT2D eigenvalue weighted by Crippen LogP contribution is -2.30. The van der Waals surface area contributed by atoms with Crippen molar-refractivity contribution in [2.75, 3.05) is 13.7 Å². The van der Waals surface area contributed by atoms with Crippen molar-refractivity contribution in [2.24, 2.45) is 0 Å². The van der Waals surface area contributed by atoms with Crippen molar-refractivity contribution >= 4 is 17.9 Å². The molecule has 1 aliphatic rings. The summed E-state index contributed by atoms with van der Waals surface area (Å²) >= 11 is 0. The van der Waals surface area contributed by atoms with Crippen LogP contribution in [0.4, 0.5) is 0 Å². The molecule has 0 bridgehead atoms. The third-order valence-corrected chi connectivity index (χ3v) is 3.73. The molecule has 1 aliphatic heterocycles. The molecule has 21 heavy (non-hydrogen) atoms. The van der Waals surface area contributed by atoms with Gasteiger partial charge in [-0.1, -0.05) is 12.6 Å². The number of hydrogen-bond donors (Lipinski definition) is 0. The summed E-state index contributed by atoms with van der Waals surface area (Å²) in [6, 6.07) is 3.85. The Morgan fingerprint density at radius 1 is 1.38 bits per heavy atom. The molecular weight excluding hydrogens is 266 g/mol. The number of aryl methyl sites for hydroxylation is 1. The van der Waals surface area contributed by atoms with Crippen molar-refractivity contribution in [3.63, 3.8) is 0 Å². The topological polar surface area (TPSA) is 46.6 Å². The molecule has 1 fully saturated rings. The number of nitrogens with zero attached hydrogens (tertiary/aromatic N) is 1. The summed E-state index contributed by atoms with van der Waals surface area (Å²) in [5, 5.41) is 0. The second-order valence-corrected chi connectivity index (χ2v) is 5.15. The molecule has 2 amide bonds. The van der Waals surface area contributed by atoms with E-state index < -0.39 is 0 Å². The molecule has 0 unspecified atom stereocenters.